The smallest absolute Gasteiger partial charge is 0.260 e. The van der Waals surface area contributed by atoms with Crippen molar-refractivity contribution >= 4 is 23.9 Å². The molecule has 0 saturated heterocycles. The maximum Gasteiger partial charge on any atom is 0.260 e. The summed E-state index contributed by atoms with van der Waals surface area (Å²) in [6, 6.07) is 11.6. The zero-order valence-electron chi connectivity index (χ0n) is 7.42. The average molecular weight is 228 g/mol. The molecule has 0 fully saturated rings. The predicted molar refractivity (Wildman–Crippen MR) is 61.4 cm³/mol. The molecule has 0 saturated carbocycles. The lowest BCUT2D eigenvalue weighted by Crippen LogP contribution is -2.12. The molecule has 0 spiro atoms. The van der Waals surface area contributed by atoms with Gasteiger partial charge in [0.2, 0.25) is 0 Å². The van der Waals surface area contributed by atoms with E-state index in [-0.39, 0.29) is 18.0 Å². The van der Waals surface area contributed by atoms with E-state index >= 15 is 0 Å². The minimum atomic E-state index is 0. The number of nitrogens with zero attached hydrogens (tertiary/aromatic N) is 1. The van der Waals surface area contributed by atoms with Gasteiger partial charge < -0.3 is 0 Å². The minimum Gasteiger partial charge on any atom is -0.268 e. The standard InChI is InChI=1S/C10H9NOS.ClH/c12-10-6-7-13-11(10)8-9-4-2-1-3-5-9;/h1-7H,8H2;1H. The molecule has 0 amide bonds. The fourth-order valence-electron chi connectivity index (χ4n) is 1.16. The summed E-state index contributed by atoms with van der Waals surface area (Å²) in [5.41, 5.74) is 1.24. The van der Waals surface area contributed by atoms with E-state index in [1.165, 1.54) is 11.5 Å². The molecule has 0 unspecified atom stereocenters. The molecule has 0 aliphatic heterocycles. The first-order chi connectivity index (χ1) is 6.36. The summed E-state index contributed by atoms with van der Waals surface area (Å²) in [5.74, 6) is 0. The first-order valence-corrected chi connectivity index (χ1v) is 4.89. The Hall–Kier alpha value is -1.06. The molecule has 0 N–H and O–H groups in total. The van der Waals surface area contributed by atoms with Crippen LogP contribution in [0, 0.1) is 0 Å². The van der Waals surface area contributed by atoms with Gasteiger partial charge >= 0.3 is 0 Å². The van der Waals surface area contributed by atoms with Gasteiger partial charge in [-0.3, -0.25) is 8.75 Å². The zero-order chi connectivity index (χ0) is 9.10. The summed E-state index contributed by atoms with van der Waals surface area (Å²) in [7, 11) is 0. The first-order valence-electron chi connectivity index (χ1n) is 4.05. The van der Waals surface area contributed by atoms with E-state index in [1.807, 2.05) is 35.7 Å². The van der Waals surface area contributed by atoms with Crippen molar-refractivity contribution in [2.75, 3.05) is 0 Å². The Morgan fingerprint density at radius 3 is 2.43 bits per heavy atom. The second-order valence-electron chi connectivity index (χ2n) is 2.77. The lowest BCUT2D eigenvalue weighted by molar-refractivity contribution is 0.849. The van der Waals surface area contributed by atoms with Crippen LogP contribution in [-0.4, -0.2) is 3.96 Å². The Morgan fingerprint density at radius 2 is 1.86 bits per heavy atom. The van der Waals surface area contributed by atoms with Crippen molar-refractivity contribution in [1.29, 1.82) is 0 Å². The van der Waals surface area contributed by atoms with E-state index in [0.29, 0.717) is 6.54 Å². The summed E-state index contributed by atoms with van der Waals surface area (Å²) in [4.78, 5) is 11.2. The van der Waals surface area contributed by atoms with Crippen LogP contribution in [0.1, 0.15) is 5.56 Å². The van der Waals surface area contributed by atoms with Crippen LogP contribution in [0.4, 0.5) is 0 Å². The number of hydrogen-bond acceptors (Lipinski definition) is 2. The highest BCUT2D eigenvalue weighted by atomic mass is 35.5. The van der Waals surface area contributed by atoms with E-state index in [2.05, 4.69) is 0 Å². The molecule has 1 heterocycles. The fourth-order valence-corrected chi connectivity index (χ4v) is 1.87. The second kappa shape index (κ2) is 4.98. The third kappa shape index (κ3) is 2.47. The van der Waals surface area contributed by atoms with Crippen LogP contribution in [0.15, 0.2) is 46.6 Å². The molecule has 14 heavy (non-hydrogen) atoms. The molecule has 0 aliphatic rings. The SMILES string of the molecule is Cl.O=c1ccsn1Cc1ccccc1. The van der Waals surface area contributed by atoms with Crippen LogP contribution in [0.5, 0.6) is 0 Å². The van der Waals surface area contributed by atoms with E-state index in [0.717, 1.165) is 5.56 Å². The lowest BCUT2D eigenvalue weighted by Gasteiger charge is -1.99. The summed E-state index contributed by atoms with van der Waals surface area (Å²) in [5, 5.41) is 1.81. The molecule has 0 bridgehead atoms. The van der Waals surface area contributed by atoms with Crippen molar-refractivity contribution in [3.63, 3.8) is 0 Å². The Labute approximate surface area is 92.4 Å². The largest absolute Gasteiger partial charge is 0.268 e. The molecule has 1 aromatic heterocycles. The second-order valence-corrected chi connectivity index (χ2v) is 3.69. The van der Waals surface area contributed by atoms with Gasteiger partial charge in [-0.2, -0.15) is 0 Å². The van der Waals surface area contributed by atoms with E-state index in [9.17, 15) is 4.79 Å². The third-order valence-corrected chi connectivity index (χ3v) is 2.63. The monoisotopic (exact) mass is 227 g/mol. The minimum absolute atomic E-state index is 0. The maximum atomic E-state index is 11.2. The molecule has 4 heteroatoms. The van der Waals surface area contributed by atoms with Crippen LogP contribution in [-0.2, 0) is 6.54 Å². The highest BCUT2D eigenvalue weighted by Gasteiger charge is 1.96. The third-order valence-electron chi connectivity index (χ3n) is 1.81. The zero-order valence-corrected chi connectivity index (χ0v) is 9.05. The van der Waals surface area contributed by atoms with Crippen molar-refractivity contribution < 1.29 is 0 Å². The van der Waals surface area contributed by atoms with Gasteiger partial charge in [0, 0.05) is 11.4 Å². The summed E-state index contributed by atoms with van der Waals surface area (Å²) < 4.78 is 1.73. The highest BCUT2D eigenvalue weighted by Crippen LogP contribution is 2.02. The number of halogens is 1. The molecule has 0 radical (unpaired) electrons. The van der Waals surface area contributed by atoms with E-state index in [1.54, 1.807) is 10.0 Å². The predicted octanol–water partition coefficient (Wildman–Crippen LogP) is 2.38. The van der Waals surface area contributed by atoms with Crippen molar-refractivity contribution in [3.8, 4) is 0 Å². The molecule has 1 aromatic carbocycles. The van der Waals surface area contributed by atoms with Gasteiger partial charge in [0.15, 0.2) is 0 Å². The topological polar surface area (TPSA) is 22.0 Å². The van der Waals surface area contributed by atoms with Gasteiger partial charge in [0.05, 0.1) is 6.54 Å². The van der Waals surface area contributed by atoms with Gasteiger partial charge in [0.25, 0.3) is 5.56 Å². The molecule has 2 rings (SSSR count). The molecule has 2 aromatic rings. The average Bonchev–Trinajstić information content (AvgIpc) is 2.54. The number of rotatable bonds is 2. The van der Waals surface area contributed by atoms with Crippen molar-refractivity contribution in [2.45, 2.75) is 6.54 Å². The number of aromatic nitrogens is 1. The molecular formula is C10H10ClNOS. The normalized spacial score (nSPS) is 9.43. The van der Waals surface area contributed by atoms with Crippen LogP contribution >= 0.6 is 23.9 Å². The number of benzene rings is 1. The Morgan fingerprint density at radius 1 is 1.14 bits per heavy atom. The molecule has 74 valence electrons. The van der Waals surface area contributed by atoms with E-state index < -0.39 is 0 Å². The Bertz CT molecular complexity index is 435. The molecule has 0 atom stereocenters. The van der Waals surface area contributed by atoms with Crippen molar-refractivity contribution in [1.82, 2.24) is 3.96 Å². The summed E-state index contributed by atoms with van der Waals surface area (Å²) in [6.07, 6.45) is 0. The number of hydrogen-bond donors (Lipinski definition) is 0. The van der Waals surface area contributed by atoms with Crippen LogP contribution in [0.3, 0.4) is 0 Å². The maximum absolute atomic E-state index is 11.2. The Balaban J connectivity index is 0.000000980. The summed E-state index contributed by atoms with van der Waals surface area (Å²) >= 11 is 1.45. The van der Waals surface area contributed by atoms with Crippen LogP contribution < -0.4 is 5.56 Å². The first kappa shape index (κ1) is 11.0. The van der Waals surface area contributed by atoms with Gasteiger partial charge in [0.1, 0.15) is 0 Å². The molecule has 2 nitrogen and oxygen atoms in total. The quantitative estimate of drug-likeness (QED) is 0.772. The van der Waals surface area contributed by atoms with Gasteiger partial charge in [-0.1, -0.05) is 41.9 Å². The van der Waals surface area contributed by atoms with Crippen LogP contribution in [0.2, 0.25) is 0 Å². The van der Waals surface area contributed by atoms with Gasteiger partial charge in [-0.25, -0.2) is 0 Å². The Kier molecular flexibility index (Phi) is 3.92. The van der Waals surface area contributed by atoms with Crippen LogP contribution in [0.25, 0.3) is 0 Å². The highest BCUT2D eigenvalue weighted by molar-refractivity contribution is 7.04. The van der Waals surface area contributed by atoms with Gasteiger partial charge in [-0.15, -0.1) is 12.4 Å². The molecule has 0 aliphatic carbocycles. The van der Waals surface area contributed by atoms with E-state index in [4.69, 9.17) is 0 Å². The summed E-state index contributed by atoms with van der Waals surface area (Å²) in [6.45, 7) is 0.678. The van der Waals surface area contributed by atoms with Crippen molar-refractivity contribution in [3.05, 3.63) is 57.7 Å². The van der Waals surface area contributed by atoms with Crippen molar-refractivity contribution in [2.24, 2.45) is 0 Å². The van der Waals surface area contributed by atoms with Gasteiger partial charge in [-0.05, 0) is 5.56 Å². The molecular weight excluding hydrogens is 218 g/mol. The lowest BCUT2D eigenvalue weighted by atomic mass is 10.2. The fraction of sp³-hybridized carbons (Fsp3) is 0.100.